The predicted molar refractivity (Wildman–Crippen MR) is 76.2 cm³/mol. The second kappa shape index (κ2) is 6.13. The van der Waals surface area contributed by atoms with Gasteiger partial charge in [-0.2, -0.15) is 0 Å². The smallest absolute Gasteiger partial charge is 0.267 e. The second-order valence-electron chi connectivity index (χ2n) is 4.84. The van der Waals surface area contributed by atoms with Gasteiger partial charge in [-0.1, -0.05) is 4.49 Å². The van der Waals surface area contributed by atoms with Crippen LogP contribution in [0, 0.1) is 6.92 Å². The number of rotatable bonds is 3. The molecule has 0 bridgehead atoms. The molecule has 7 nitrogen and oxygen atoms in total. The van der Waals surface area contributed by atoms with Crippen LogP contribution in [-0.2, 0) is 0 Å². The Morgan fingerprint density at radius 2 is 2.19 bits per heavy atom. The van der Waals surface area contributed by atoms with Crippen LogP contribution in [0.25, 0.3) is 0 Å². The average molecular weight is 305 g/mol. The lowest BCUT2D eigenvalue weighted by Crippen LogP contribution is -2.41. The highest BCUT2D eigenvalue weighted by Gasteiger charge is 2.27. The zero-order valence-electron chi connectivity index (χ0n) is 11.6. The molecule has 0 radical (unpaired) electrons. The Labute approximate surface area is 126 Å². The predicted octanol–water partition coefficient (Wildman–Crippen LogP) is 1.32. The van der Waals surface area contributed by atoms with Crippen molar-refractivity contribution in [2.45, 2.75) is 25.9 Å². The number of ether oxygens (including phenoxy) is 1. The molecule has 1 aliphatic heterocycles. The number of hydrogen-bond donors (Lipinski definition) is 0. The van der Waals surface area contributed by atoms with E-state index in [1.807, 2.05) is 4.90 Å². The number of likely N-dealkylation sites (tertiary alicyclic amines) is 1. The van der Waals surface area contributed by atoms with Crippen LogP contribution in [0.4, 0.5) is 0 Å². The fourth-order valence-corrected chi connectivity index (χ4v) is 2.89. The molecule has 21 heavy (non-hydrogen) atoms. The zero-order valence-corrected chi connectivity index (χ0v) is 12.4. The summed E-state index contributed by atoms with van der Waals surface area (Å²) < 4.78 is 9.58. The molecule has 2 aromatic heterocycles. The summed E-state index contributed by atoms with van der Waals surface area (Å²) in [5.74, 6) is 0.547. The molecule has 3 rings (SSSR count). The minimum absolute atomic E-state index is 0.0143. The first kappa shape index (κ1) is 13.9. The Bertz CT molecular complexity index is 610. The number of carbonyl (C=O) groups excluding carboxylic acids is 1. The van der Waals surface area contributed by atoms with Gasteiger partial charge < -0.3 is 9.64 Å². The Hall–Kier alpha value is -2.09. The molecule has 1 amide bonds. The summed E-state index contributed by atoms with van der Waals surface area (Å²) >= 11 is 1.15. The first-order valence-corrected chi connectivity index (χ1v) is 7.52. The number of aromatic nitrogens is 4. The Balaban J connectivity index is 1.56. The van der Waals surface area contributed by atoms with Gasteiger partial charge in [-0.05, 0) is 18.5 Å². The van der Waals surface area contributed by atoms with Crippen LogP contribution in [0.15, 0.2) is 18.6 Å². The third kappa shape index (κ3) is 3.15. The third-order valence-electron chi connectivity index (χ3n) is 3.40. The lowest BCUT2D eigenvalue weighted by atomic mass is 10.1. The topological polar surface area (TPSA) is 81.1 Å². The summed E-state index contributed by atoms with van der Waals surface area (Å²) in [5.41, 5.74) is 0.697. The maximum absolute atomic E-state index is 12.3. The number of piperidine rings is 1. The van der Waals surface area contributed by atoms with Crippen molar-refractivity contribution < 1.29 is 9.53 Å². The Morgan fingerprint density at radius 3 is 2.81 bits per heavy atom. The van der Waals surface area contributed by atoms with E-state index >= 15 is 0 Å². The van der Waals surface area contributed by atoms with Gasteiger partial charge in [0.25, 0.3) is 5.91 Å². The summed E-state index contributed by atoms with van der Waals surface area (Å²) in [6.07, 6.45) is 6.46. The van der Waals surface area contributed by atoms with Crippen molar-refractivity contribution in [1.29, 1.82) is 0 Å². The number of hydrogen-bond acceptors (Lipinski definition) is 7. The van der Waals surface area contributed by atoms with Crippen LogP contribution in [0.2, 0.25) is 0 Å². The maximum Gasteiger partial charge on any atom is 0.267 e. The van der Waals surface area contributed by atoms with Gasteiger partial charge in [0.2, 0.25) is 5.88 Å². The molecule has 0 saturated carbocycles. The normalized spacial score (nSPS) is 16.0. The number of amides is 1. The van der Waals surface area contributed by atoms with E-state index in [-0.39, 0.29) is 12.0 Å². The summed E-state index contributed by atoms with van der Waals surface area (Å²) in [6, 6.07) is 0. The third-order valence-corrected chi connectivity index (χ3v) is 4.22. The van der Waals surface area contributed by atoms with E-state index in [1.165, 1.54) is 0 Å². The molecule has 8 heteroatoms. The molecule has 3 heterocycles. The molecule has 0 N–H and O–H groups in total. The van der Waals surface area contributed by atoms with Crippen molar-refractivity contribution in [3.63, 3.8) is 0 Å². The lowest BCUT2D eigenvalue weighted by Gasteiger charge is -2.31. The van der Waals surface area contributed by atoms with E-state index in [4.69, 9.17) is 4.74 Å². The molecule has 0 atom stereocenters. The van der Waals surface area contributed by atoms with Crippen molar-refractivity contribution in [3.8, 4) is 5.88 Å². The molecule has 110 valence electrons. The van der Waals surface area contributed by atoms with Gasteiger partial charge in [0.15, 0.2) is 0 Å². The van der Waals surface area contributed by atoms with Crippen molar-refractivity contribution in [1.82, 2.24) is 24.5 Å². The second-order valence-corrected chi connectivity index (χ2v) is 5.59. The van der Waals surface area contributed by atoms with Crippen LogP contribution in [0.3, 0.4) is 0 Å². The van der Waals surface area contributed by atoms with Gasteiger partial charge in [0.1, 0.15) is 11.0 Å². The Kier molecular flexibility index (Phi) is 4.05. The molecule has 1 saturated heterocycles. The highest BCUT2D eigenvalue weighted by atomic mass is 32.1. The highest BCUT2D eigenvalue weighted by molar-refractivity contribution is 7.07. The average Bonchev–Trinajstić information content (AvgIpc) is 2.94. The molecular weight excluding hydrogens is 290 g/mol. The van der Waals surface area contributed by atoms with Gasteiger partial charge >= 0.3 is 0 Å². The fraction of sp³-hybridized carbons (Fsp3) is 0.462. The SMILES string of the molecule is Cc1nnsc1C(=O)N1CCC(Oc2cnccn2)CC1. The summed E-state index contributed by atoms with van der Waals surface area (Å²) in [7, 11) is 0. The fourth-order valence-electron chi connectivity index (χ4n) is 2.27. The minimum Gasteiger partial charge on any atom is -0.473 e. The molecule has 0 unspecified atom stereocenters. The van der Waals surface area contributed by atoms with E-state index in [0.29, 0.717) is 29.5 Å². The standard InChI is InChI=1S/C13H15N5O2S/c1-9-12(21-17-16-9)13(19)18-6-2-10(3-7-18)20-11-8-14-4-5-15-11/h4-5,8,10H,2-3,6-7H2,1H3. The van der Waals surface area contributed by atoms with Crippen LogP contribution in [0.1, 0.15) is 28.2 Å². The largest absolute Gasteiger partial charge is 0.473 e. The van der Waals surface area contributed by atoms with Crippen LogP contribution in [-0.4, -0.2) is 49.6 Å². The van der Waals surface area contributed by atoms with Crippen molar-refractivity contribution in [2.24, 2.45) is 0 Å². The summed E-state index contributed by atoms with van der Waals surface area (Å²) in [6.45, 7) is 3.14. The van der Waals surface area contributed by atoms with E-state index in [2.05, 4.69) is 19.6 Å². The molecule has 1 aliphatic rings. The monoisotopic (exact) mass is 305 g/mol. The van der Waals surface area contributed by atoms with E-state index in [1.54, 1.807) is 25.5 Å². The van der Waals surface area contributed by atoms with Gasteiger partial charge in [-0.3, -0.25) is 9.78 Å². The molecule has 2 aromatic rings. The zero-order chi connectivity index (χ0) is 14.7. The molecule has 0 aliphatic carbocycles. The van der Waals surface area contributed by atoms with Gasteiger partial charge in [-0.15, -0.1) is 5.10 Å². The van der Waals surface area contributed by atoms with E-state index in [9.17, 15) is 4.79 Å². The molecule has 1 fully saturated rings. The van der Waals surface area contributed by atoms with Crippen LogP contribution in [0.5, 0.6) is 5.88 Å². The van der Waals surface area contributed by atoms with Crippen molar-refractivity contribution in [2.75, 3.05) is 13.1 Å². The van der Waals surface area contributed by atoms with Gasteiger partial charge in [-0.25, -0.2) is 4.98 Å². The van der Waals surface area contributed by atoms with Gasteiger partial charge in [0.05, 0.1) is 11.9 Å². The minimum atomic E-state index is 0.0143. The van der Waals surface area contributed by atoms with Crippen molar-refractivity contribution in [3.05, 3.63) is 29.2 Å². The van der Waals surface area contributed by atoms with E-state index in [0.717, 1.165) is 24.4 Å². The van der Waals surface area contributed by atoms with Crippen LogP contribution < -0.4 is 4.74 Å². The quantitative estimate of drug-likeness (QED) is 0.850. The number of aryl methyl sites for hydroxylation is 1. The molecular formula is C13H15N5O2S. The summed E-state index contributed by atoms with van der Waals surface area (Å²) in [4.78, 5) is 22.9. The van der Waals surface area contributed by atoms with Crippen LogP contribution >= 0.6 is 11.5 Å². The number of carbonyl (C=O) groups is 1. The summed E-state index contributed by atoms with van der Waals surface area (Å²) in [5, 5.41) is 3.88. The maximum atomic E-state index is 12.3. The molecule has 0 spiro atoms. The van der Waals surface area contributed by atoms with E-state index < -0.39 is 0 Å². The van der Waals surface area contributed by atoms with Crippen molar-refractivity contribution >= 4 is 17.4 Å². The lowest BCUT2D eigenvalue weighted by molar-refractivity contribution is 0.0590. The molecule has 0 aromatic carbocycles. The van der Waals surface area contributed by atoms with Gasteiger partial charge in [0, 0.05) is 38.3 Å². The highest BCUT2D eigenvalue weighted by Crippen LogP contribution is 2.20. The number of nitrogens with zero attached hydrogens (tertiary/aromatic N) is 5. The first-order chi connectivity index (χ1) is 10.2. The Morgan fingerprint density at radius 1 is 1.38 bits per heavy atom. The first-order valence-electron chi connectivity index (χ1n) is 6.75.